The average molecular weight is 419 g/mol. The molecular weight excluding hydrogens is 394 g/mol. The Labute approximate surface area is 181 Å². The first-order valence-electron chi connectivity index (χ1n) is 10.3. The number of benzene rings is 2. The van der Waals surface area contributed by atoms with E-state index < -0.39 is 0 Å². The summed E-state index contributed by atoms with van der Waals surface area (Å²) in [7, 11) is 0. The van der Waals surface area contributed by atoms with Gasteiger partial charge in [-0.1, -0.05) is 36.4 Å². The first-order chi connectivity index (χ1) is 15.2. The number of hydrogen-bond donors (Lipinski definition) is 2. The second-order valence-corrected chi connectivity index (χ2v) is 7.31. The van der Waals surface area contributed by atoms with Crippen LogP contribution in [0.15, 0.2) is 60.4 Å². The zero-order chi connectivity index (χ0) is 21.5. The predicted molar refractivity (Wildman–Crippen MR) is 119 cm³/mol. The number of amides is 2. The Morgan fingerprint density at radius 3 is 2.61 bits per heavy atom. The lowest BCUT2D eigenvalue weighted by Gasteiger charge is -2.26. The monoisotopic (exact) mass is 419 g/mol. The number of carbonyl (C=O) groups is 2. The summed E-state index contributed by atoms with van der Waals surface area (Å²) in [6, 6.07) is 14.8. The van der Waals surface area contributed by atoms with Crippen molar-refractivity contribution in [3.8, 4) is 5.75 Å². The SMILES string of the molecule is O=C(/C=C/c1ccc(/C=C2\Oc3ccccc3NC2=O)cc1)NCCN1CCOCC1. The summed E-state index contributed by atoms with van der Waals surface area (Å²) in [5.74, 6) is 0.455. The standard InChI is InChI=1S/C24H25N3O4/c28-23(25-11-12-27-13-15-30-16-14-27)10-9-18-5-7-19(8-6-18)17-22-24(29)26-20-3-1-2-4-21(20)31-22/h1-10,17H,11-16H2,(H,25,28)(H,26,29)/b10-9+,22-17-. The second kappa shape index (κ2) is 10.1. The van der Waals surface area contributed by atoms with Crippen molar-refractivity contribution < 1.29 is 19.1 Å². The average Bonchev–Trinajstić information content (AvgIpc) is 2.80. The summed E-state index contributed by atoms with van der Waals surface area (Å²) < 4.78 is 11.0. The van der Waals surface area contributed by atoms with Gasteiger partial charge in [0.05, 0.1) is 18.9 Å². The summed E-state index contributed by atoms with van der Waals surface area (Å²) in [4.78, 5) is 26.5. The molecule has 0 bridgehead atoms. The number of nitrogens with one attached hydrogen (secondary N) is 2. The van der Waals surface area contributed by atoms with Crippen molar-refractivity contribution >= 4 is 29.7 Å². The third-order valence-electron chi connectivity index (χ3n) is 5.07. The number of nitrogens with zero attached hydrogens (tertiary/aromatic N) is 1. The summed E-state index contributed by atoms with van der Waals surface area (Å²) in [5, 5.41) is 5.71. The van der Waals surface area contributed by atoms with Crippen molar-refractivity contribution in [1.82, 2.24) is 10.2 Å². The highest BCUT2D eigenvalue weighted by atomic mass is 16.5. The fourth-order valence-electron chi connectivity index (χ4n) is 3.35. The van der Waals surface area contributed by atoms with E-state index in [0.717, 1.165) is 44.0 Å². The molecule has 31 heavy (non-hydrogen) atoms. The first kappa shape index (κ1) is 20.8. The molecule has 2 amide bonds. The number of para-hydroxylation sites is 2. The molecule has 0 spiro atoms. The highest BCUT2D eigenvalue weighted by Crippen LogP contribution is 2.30. The Kier molecular flexibility index (Phi) is 6.76. The number of rotatable bonds is 6. The van der Waals surface area contributed by atoms with Crippen LogP contribution in [0.25, 0.3) is 12.2 Å². The van der Waals surface area contributed by atoms with Gasteiger partial charge in [-0.25, -0.2) is 0 Å². The molecule has 0 aromatic heterocycles. The van der Waals surface area contributed by atoms with Crippen molar-refractivity contribution in [3.63, 3.8) is 0 Å². The Morgan fingerprint density at radius 1 is 1.06 bits per heavy atom. The number of carbonyl (C=O) groups excluding carboxylic acids is 2. The van der Waals surface area contributed by atoms with Crippen molar-refractivity contribution in [2.45, 2.75) is 0 Å². The van der Waals surface area contributed by atoms with E-state index in [1.54, 1.807) is 18.2 Å². The van der Waals surface area contributed by atoms with Crippen LogP contribution >= 0.6 is 0 Å². The lowest BCUT2D eigenvalue weighted by Crippen LogP contribution is -2.41. The van der Waals surface area contributed by atoms with Crippen LogP contribution in [-0.4, -0.2) is 56.1 Å². The number of ether oxygens (including phenoxy) is 2. The minimum atomic E-state index is -0.281. The molecule has 7 heteroatoms. The minimum Gasteiger partial charge on any atom is -0.449 e. The summed E-state index contributed by atoms with van der Waals surface area (Å²) in [5.41, 5.74) is 2.38. The van der Waals surface area contributed by atoms with Crippen LogP contribution in [0.4, 0.5) is 5.69 Å². The third kappa shape index (κ3) is 5.81. The lowest BCUT2D eigenvalue weighted by atomic mass is 10.1. The molecule has 0 radical (unpaired) electrons. The van der Waals surface area contributed by atoms with Gasteiger partial charge in [-0.3, -0.25) is 14.5 Å². The van der Waals surface area contributed by atoms with Gasteiger partial charge in [0.1, 0.15) is 0 Å². The molecule has 0 atom stereocenters. The zero-order valence-electron chi connectivity index (χ0n) is 17.2. The highest BCUT2D eigenvalue weighted by Gasteiger charge is 2.21. The van der Waals surface area contributed by atoms with E-state index in [4.69, 9.17) is 9.47 Å². The van der Waals surface area contributed by atoms with Gasteiger partial charge in [0.25, 0.3) is 5.91 Å². The largest absolute Gasteiger partial charge is 0.449 e. The molecular formula is C24H25N3O4. The van der Waals surface area contributed by atoms with Gasteiger partial charge in [-0.15, -0.1) is 0 Å². The summed E-state index contributed by atoms with van der Waals surface area (Å²) >= 11 is 0. The number of hydrogen-bond acceptors (Lipinski definition) is 5. The molecule has 0 saturated carbocycles. The van der Waals surface area contributed by atoms with Gasteiger partial charge >= 0.3 is 0 Å². The molecule has 2 aromatic carbocycles. The number of fused-ring (bicyclic) bond motifs is 1. The van der Waals surface area contributed by atoms with E-state index in [1.165, 1.54) is 6.08 Å². The number of morpholine rings is 1. The maximum atomic E-state index is 12.2. The molecule has 0 unspecified atom stereocenters. The smallest absolute Gasteiger partial charge is 0.291 e. The first-order valence-corrected chi connectivity index (χ1v) is 10.3. The fraction of sp³-hybridized carbons (Fsp3) is 0.250. The summed E-state index contributed by atoms with van der Waals surface area (Å²) in [6.07, 6.45) is 4.99. The molecule has 2 N–H and O–H groups in total. The Hall–Kier alpha value is -3.42. The Morgan fingerprint density at radius 2 is 1.81 bits per heavy atom. The van der Waals surface area contributed by atoms with Crippen LogP contribution in [0.1, 0.15) is 11.1 Å². The summed E-state index contributed by atoms with van der Waals surface area (Å²) in [6.45, 7) is 4.77. The second-order valence-electron chi connectivity index (χ2n) is 7.31. The van der Waals surface area contributed by atoms with Crippen LogP contribution in [-0.2, 0) is 14.3 Å². The molecule has 2 aliphatic heterocycles. The van der Waals surface area contributed by atoms with Crippen molar-refractivity contribution in [2.24, 2.45) is 0 Å². The number of anilines is 1. The van der Waals surface area contributed by atoms with Gasteiger partial charge in [-0.05, 0) is 35.4 Å². The van der Waals surface area contributed by atoms with Crippen LogP contribution in [0.5, 0.6) is 5.75 Å². The molecule has 2 aliphatic rings. The van der Waals surface area contributed by atoms with Gasteiger partial charge in [0.2, 0.25) is 5.91 Å². The van der Waals surface area contributed by atoms with Crippen LogP contribution in [0, 0.1) is 0 Å². The highest BCUT2D eigenvalue weighted by molar-refractivity contribution is 6.08. The van der Waals surface area contributed by atoms with Crippen LogP contribution < -0.4 is 15.4 Å². The van der Waals surface area contributed by atoms with E-state index in [0.29, 0.717) is 18.0 Å². The van der Waals surface area contributed by atoms with Crippen molar-refractivity contribution in [1.29, 1.82) is 0 Å². The Balaban J connectivity index is 1.29. The molecule has 4 rings (SSSR count). The van der Waals surface area contributed by atoms with E-state index >= 15 is 0 Å². The van der Waals surface area contributed by atoms with Crippen molar-refractivity contribution in [2.75, 3.05) is 44.7 Å². The van der Waals surface area contributed by atoms with Crippen LogP contribution in [0.2, 0.25) is 0 Å². The quantitative estimate of drug-likeness (QED) is 0.704. The van der Waals surface area contributed by atoms with E-state index in [-0.39, 0.29) is 17.6 Å². The van der Waals surface area contributed by atoms with Crippen LogP contribution in [0.3, 0.4) is 0 Å². The maximum absolute atomic E-state index is 12.2. The molecule has 2 aromatic rings. The molecule has 0 aliphatic carbocycles. The van der Waals surface area contributed by atoms with Gasteiger partial charge in [0.15, 0.2) is 11.5 Å². The van der Waals surface area contributed by atoms with E-state index in [1.807, 2.05) is 42.5 Å². The van der Waals surface area contributed by atoms with Crippen molar-refractivity contribution in [3.05, 3.63) is 71.5 Å². The maximum Gasteiger partial charge on any atom is 0.291 e. The minimum absolute atomic E-state index is 0.120. The predicted octanol–water partition coefficient (Wildman–Crippen LogP) is 2.52. The molecule has 1 fully saturated rings. The molecule has 160 valence electrons. The molecule has 2 heterocycles. The third-order valence-corrected chi connectivity index (χ3v) is 5.07. The van der Waals surface area contributed by atoms with Gasteiger partial charge in [0, 0.05) is 32.3 Å². The normalized spacial score (nSPS) is 17.8. The van der Waals surface area contributed by atoms with Gasteiger partial charge < -0.3 is 20.1 Å². The van der Waals surface area contributed by atoms with E-state index in [9.17, 15) is 9.59 Å². The Bertz CT molecular complexity index is 992. The molecule has 7 nitrogen and oxygen atoms in total. The fourth-order valence-corrected chi connectivity index (χ4v) is 3.35. The lowest BCUT2D eigenvalue weighted by molar-refractivity contribution is -0.116. The van der Waals surface area contributed by atoms with E-state index in [2.05, 4.69) is 15.5 Å². The topological polar surface area (TPSA) is 79.9 Å². The zero-order valence-corrected chi connectivity index (χ0v) is 17.2. The molecule has 1 saturated heterocycles. The van der Waals surface area contributed by atoms with Gasteiger partial charge in [-0.2, -0.15) is 0 Å².